The van der Waals surface area contributed by atoms with Crippen LogP contribution in [-0.4, -0.2) is 61.0 Å². The van der Waals surface area contributed by atoms with E-state index in [-0.39, 0.29) is 12.0 Å². The van der Waals surface area contributed by atoms with Gasteiger partial charge in [0.15, 0.2) is 0 Å². The summed E-state index contributed by atoms with van der Waals surface area (Å²) in [6.07, 6.45) is 1.61. The van der Waals surface area contributed by atoms with Gasteiger partial charge in [0, 0.05) is 38.7 Å². The van der Waals surface area contributed by atoms with Crippen molar-refractivity contribution in [2.75, 3.05) is 44.3 Å². The van der Waals surface area contributed by atoms with Crippen molar-refractivity contribution in [3.05, 3.63) is 23.4 Å². The lowest BCUT2D eigenvalue weighted by molar-refractivity contribution is 0.0248. The summed E-state index contributed by atoms with van der Waals surface area (Å²) in [6, 6.07) is 4.29. The number of carbonyl (C=O) groups excluding carboxylic acids is 1. The third-order valence-corrected chi connectivity index (χ3v) is 4.81. The zero-order valence-electron chi connectivity index (χ0n) is 16.5. The van der Waals surface area contributed by atoms with Crippen molar-refractivity contribution in [3.8, 4) is 0 Å². The monoisotopic (exact) mass is 361 g/mol. The second-order valence-corrected chi connectivity index (χ2v) is 8.24. The molecule has 2 aliphatic heterocycles. The number of ether oxygens (including phenoxy) is 2. The summed E-state index contributed by atoms with van der Waals surface area (Å²) >= 11 is 0. The number of nitrogens with zero attached hydrogens (tertiary/aromatic N) is 3. The zero-order chi connectivity index (χ0) is 18.7. The first-order valence-corrected chi connectivity index (χ1v) is 9.64. The highest BCUT2D eigenvalue weighted by atomic mass is 16.6. The maximum Gasteiger partial charge on any atom is 0.410 e. The highest BCUT2D eigenvalue weighted by Crippen LogP contribution is 2.27. The molecule has 1 amide bonds. The average Bonchev–Trinajstić information content (AvgIpc) is 2.93. The first-order valence-electron chi connectivity index (χ1n) is 9.64. The number of aromatic nitrogens is 1. The van der Waals surface area contributed by atoms with Crippen LogP contribution in [0.1, 0.15) is 51.3 Å². The third-order valence-electron chi connectivity index (χ3n) is 4.81. The van der Waals surface area contributed by atoms with E-state index in [2.05, 4.69) is 24.0 Å². The molecule has 0 saturated carbocycles. The van der Waals surface area contributed by atoms with E-state index in [4.69, 9.17) is 14.5 Å². The quantitative estimate of drug-likeness (QED) is 0.769. The van der Waals surface area contributed by atoms with Crippen molar-refractivity contribution in [2.24, 2.45) is 0 Å². The van der Waals surface area contributed by atoms with Gasteiger partial charge in [-0.1, -0.05) is 13.0 Å². The Labute approximate surface area is 156 Å². The summed E-state index contributed by atoms with van der Waals surface area (Å²) in [5.74, 6) is 1.20. The molecule has 26 heavy (non-hydrogen) atoms. The second-order valence-electron chi connectivity index (χ2n) is 8.24. The van der Waals surface area contributed by atoms with Crippen LogP contribution in [-0.2, 0) is 15.9 Å². The topological polar surface area (TPSA) is 54.9 Å². The highest BCUT2D eigenvalue weighted by Gasteiger charge is 2.28. The Morgan fingerprint density at radius 1 is 1.23 bits per heavy atom. The number of hydrogen-bond donors (Lipinski definition) is 0. The minimum Gasteiger partial charge on any atom is -0.444 e. The van der Waals surface area contributed by atoms with E-state index in [1.807, 2.05) is 25.7 Å². The maximum atomic E-state index is 12.5. The van der Waals surface area contributed by atoms with Crippen LogP contribution in [0.4, 0.5) is 10.6 Å². The number of carbonyl (C=O) groups is 1. The molecule has 6 heteroatoms. The first kappa shape index (κ1) is 19.0. The van der Waals surface area contributed by atoms with Crippen LogP contribution in [0.5, 0.6) is 0 Å². The minimum absolute atomic E-state index is 0.184. The van der Waals surface area contributed by atoms with Crippen LogP contribution in [0, 0.1) is 0 Å². The van der Waals surface area contributed by atoms with E-state index >= 15 is 0 Å². The molecule has 1 aromatic heterocycles. The minimum atomic E-state index is -0.472. The average molecular weight is 361 g/mol. The summed E-state index contributed by atoms with van der Waals surface area (Å²) < 4.78 is 11.1. The van der Waals surface area contributed by atoms with Gasteiger partial charge in [-0.15, -0.1) is 0 Å². The van der Waals surface area contributed by atoms with E-state index in [0.29, 0.717) is 13.1 Å². The van der Waals surface area contributed by atoms with Crippen LogP contribution >= 0.6 is 0 Å². The predicted octanol–water partition coefficient (Wildman–Crippen LogP) is 3.21. The predicted molar refractivity (Wildman–Crippen MR) is 102 cm³/mol. The number of hydrogen-bond acceptors (Lipinski definition) is 5. The normalized spacial score (nSPS) is 21.6. The Morgan fingerprint density at radius 2 is 2.04 bits per heavy atom. The molecular weight excluding hydrogens is 330 g/mol. The molecule has 1 saturated heterocycles. The van der Waals surface area contributed by atoms with Crippen molar-refractivity contribution < 1.29 is 14.3 Å². The fraction of sp³-hybridized carbons (Fsp3) is 0.700. The summed E-state index contributed by atoms with van der Waals surface area (Å²) in [5, 5.41) is 0. The lowest BCUT2D eigenvalue weighted by atomic mass is 10.0. The van der Waals surface area contributed by atoms with Gasteiger partial charge in [-0.05, 0) is 45.2 Å². The summed E-state index contributed by atoms with van der Waals surface area (Å²) in [7, 11) is 0. The van der Waals surface area contributed by atoms with Crippen LogP contribution < -0.4 is 4.90 Å². The molecule has 6 nitrogen and oxygen atoms in total. The van der Waals surface area contributed by atoms with E-state index in [1.54, 1.807) is 0 Å². The van der Waals surface area contributed by atoms with Crippen molar-refractivity contribution >= 4 is 11.9 Å². The van der Waals surface area contributed by atoms with Crippen LogP contribution in [0.2, 0.25) is 0 Å². The van der Waals surface area contributed by atoms with Gasteiger partial charge in [0.2, 0.25) is 0 Å². The molecule has 0 unspecified atom stereocenters. The van der Waals surface area contributed by atoms with E-state index < -0.39 is 5.60 Å². The van der Waals surface area contributed by atoms with Gasteiger partial charge in [0.25, 0.3) is 0 Å². The van der Waals surface area contributed by atoms with Gasteiger partial charge in [0.05, 0.1) is 12.3 Å². The Hall–Kier alpha value is -1.82. The molecule has 1 aromatic rings. The SMILES string of the molecule is C[C@@H]1CN(C(=O)OC(C)(C)C)CCc2ccc(N3CCCOCC3)nc21. The van der Waals surface area contributed by atoms with E-state index in [0.717, 1.165) is 50.7 Å². The Balaban J connectivity index is 1.75. The van der Waals surface area contributed by atoms with E-state index in [9.17, 15) is 4.79 Å². The standard InChI is InChI=1S/C20H31N3O3/c1-15-14-23(19(24)26-20(2,3)4)10-8-16-6-7-17(21-18(15)16)22-9-5-12-25-13-11-22/h6-7,15H,5,8-14H2,1-4H3/t15-/m1/s1. The lowest BCUT2D eigenvalue weighted by Crippen LogP contribution is -2.38. The van der Waals surface area contributed by atoms with Gasteiger partial charge in [-0.2, -0.15) is 0 Å². The zero-order valence-corrected chi connectivity index (χ0v) is 16.5. The van der Waals surface area contributed by atoms with Gasteiger partial charge >= 0.3 is 6.09 Å². The van der Waals surface area contributed by atoms with Crippen LogP contribution in [0.3, 0.4) is 0 Å². The fourth-order valence-corrected chi connectivity index (χ4v) is 3.54. The molecule has 3 rings (SSSR count). The maximum absolute atomic E-state index is 12.5. The third kappa shape index (κ3) is 4.67. The van der Waals surface area contributed by atoms with Crippen molar-refractivity contribution in [2.45, 2.75) is 52.1 Å². The van der Waals surface area contributed by atoms with Crippen molar-refractivity contribution in [1.82, 2.24) is 9.88 Å². The lowest BCUT2D eigenvalue weighted by Gasteiger charge is -2.27. The molecule has 2 aliphatic rings. The Kier molecular flexibility index (Phi) is 5.70. The number of fused-ring (bicyclic) bond motifs is 1. The molecular formula is C20H31N3O3. The molecule has 3 heterocycles. The second kappa shape index (κ2) is 7.82. The summed E-state index contributed by atoms with van der Waals surface area (Å²) in [6.45, 7) is 12.6. The molecule has 0 aliphatic carbocycles. The molecule has 144 valence electrons. The van der Waals surface area contributed by atoms with Crippen LogP contribution in [0.25, 0.3) is 0 Å². The van der Waals surface area contributed by atoms with E-state index in [1.165, 1.54) is 5.56 Å². The van der Waals surface area contributed by atoms with Gasteiger partial charge < -0.3 is 19.3 Å². The largest absolute Gasteiger partial charge is 0.444 e. The molecule has 0 N–H and O–H groups in total. The highest BCUT2D eigenvalue weighted by molar-refractivity contribution is 5.68. The summed E-state index contributed by atoms with van der Waals surface area (Å²) in [4.78, 5) is 21.6. The first-order chi connectivity index (χ1) is 12.3. The van der Waals surface area contributed by atoms with Crippen LogP contribution in [0.15, 0.2) is 12.1 Å². The van der Waals surface area contributed by atoms with Gasteiger partial charge in [-0.3, -0.25) is 0 Å². The summed E-state index contributed by atoms with van der Waals surface area (Å²) in [5.41, 5.74) is 1.87. The molecule has 1 atom stereocenters. The molecule has 0 bridgehead atoms. The smallest absolute Gasteiger partial charge is 0.410 e. The molecule has 0 radical (unpaired) electrons. The van der Waals surface area contributed by atoms with Crippen molar-refractivity contribution in [1.29, 1.82) is 0 Å². The van der Waals surface area contributed by atoms with Crippen molar-refractivity contribution in [3.63, 3.8) is 0 Å². The Bertz CT molecular complexity index is 634. The van der Waals surface area contributed by atoms with Gasteiger partial charge in [0.1, 0.15) is 11.4 Å². The Morgan fingerprint density at radius 3 is 2.81 bits per heavy atom. The molecule has 1 fully saturated rings. The fourth-order valence-electron chi connectivity index (χ4n) is 3.54. The molecule has 0 spiro atoms. The number of rotatable bonds is 1. The number of pyridine rings is 1. The number of anilines is 1. The van der Waals surface area contributed by atoms with Gasteiger partial charge in [-0.25, -0.2) is 9.78 Å². The molecule has 0 aromatic carbocycles. The number of amides is 1.